The second kappa shape index (κ2) is 3.35. The van der Waals surface area contributed by atoms with Crippen molar-refractivity contribution in [2.24, 2.45) is 7.05 Å². The van der Waals surface area contributed by atoms with Crippen LogP contribution in [0, 0.1) is 6.33 Å². The van der Waals surface area contributed by atoms with E-state index in [-0.39, 0.29) is 0 Å². The highest BCUT2D eigenvalue weighted by Crippen LogP contribution is 1.95. The summed E-state index contributed by atoms with van der Waals surface area (Å²) in [7, 11) is 1.80. The van der Waals surface area contributed by atoms with Crippen LogP contribution in [-0.4, -0.2) is 15.1 Å². The van der Waals surface area contributed by atoms with Crippen LogP contribution in [0.5, 0.6) is 0 Å². The molecular formula is C9H10N4. The standard InChI is InChI=1S/C9H10N4/c1-12-8-13(11-10-12)7-9-5-3-2-4-6-9/h2-6H,7H2,1H3. The Bertz CT molecular complexity index is 380. The molecule has 0 aliphatic carbocycles. The van der Waals surface area contributed by atoms with E-state index in [0.29, 0.717) is 6.54 Å². The lowest BCUT2D eigenvalue weighted by atomic mass is 10.2. The number of hydrogen-bond donors (Lipinski definition) is 0. The first-order chi connectivity index (χ1) is 6.34. The van der Waals surface area contributed by atoms with E-state index in [4.69, 9.17) is 0 Å². The molecule has 2 rings (SSSR count). The molecule has 0 atom stereocenters. The van der Waals surface area contributed by atoms with Crippen molar-refractivity contribution in [1.82, 2.24) is 15.1 Å². The molecule has 0 amide bonds. The number of rotatable bonds is 2. The fourth-order valence-corrected chi connectivity index (χ4v) is 1.14. The second-order valence-electron chi connectivity index (χ2n) is 2.85. The van der Waals surface area contributed by atoms with Gasteiger partial charge in [0.2, 0.25) is 0 Å². The van der Waals surface area contributed by atoms with Crippen LogP contribution in [-0.2, 0) is 13.6 Å². The van der Waals surface area contributed by atoms with Gasteiger partial charge in [-0.25, -0.2) is 0 Å². The van der Waals surface area contributed by atoms with Crippen LogP contribution in [0.25, 0.3) is 0 Å². The first kappa shape index (κ1) is 7.91. The summed E-state index contributed by atoms with van der Waals surface area (Å²) in [5.74, 6) is 0. The summed E-state index contributed by atoms with van der Waals surface area (Å²) in [4.78, 5) is 0. The van der Waals surface area contributed by atoms with Crippen molar-refractivity contribution in [2.45, 2.75) is 6.54 Å². The summed E-state index contributed by atoms with van der Waals surface area (Å²) in [6.45, 7) is 0.717. The van der Waals surface area contributed by atoms with Gasteiger partial charge in [0.25, 0.3) is 0 Å². The number of nitrogens with zero attached hydrogens (tertiary/aromatic N) is 4. The molecule has 0 bridgehead atoms. The Labute approximate surface area is 76.4 Å². The first-order valence-electron chi connectivity index (χ1n) is 4.07. The van der Waals surface area contributed by atoms with Crippen molar-refractivity contribution < 1.29 is 4.68 Å². The maximum atomic E-state index is 3.89. The minimum atomic E-state index is 0.717. The lowest BCUT2D eigenvalue weighted by molar-refractivity contribution is -0.750. The van der Waals surface area contributed by atoms with Crippen LogP contribution < -0.4 is 4.68 Å². The van der Waals surface area contributed by atoms with E-state index >= 15 is 0 Å². The Kier molecular flexibility index (Phi) is 2.04. The Balaban J connectivity index is 2.15. The first-order valence-corrected chi connectivity index (χ1v) is 4.07. The van der Waals surface area contributed by atoms with Crippen molar-refractivity contribution in [3.8, 4) is 0 Å². The van der Waals surface area contributed by atoms with Crippen molar-refractivity contribution in [2.75, 3.05) is 0 Å². The minimum absolute atomic E-state index is 0.717. The van der Waals surface area contributed by atoms with E-state index in [1.54, 1.807) is 16.4 Å². The predicted molar refractivity (Wildman–Crippen MR) is 45.6 cm³/mol. The van der Waals surface area contributed by atoms with Gasteiger partial charge in [-0.05, 0) is 5.56 Å². The summed E-state index contributed by atoms with van der Waals surface area (Å²) in [6, 6.07) is 10.1. The molecule has 0 aliphatic rings. The van der Waals surface area contributed by atoms with E-state index in [2.05, 4.69) is 28.9 Å². The van der Waals surface area contributed by atoms with Crippen LogP contribution in [0.1, 0.15) is 5.56 Å². The smallest absolute Gasteiger partial charge is 0.127 e. The topological polar surface area (TPSA) is 34.6 Å². The normalized spacial score (nSPS) is 10.2. The fraction of sp³-hybridized carbons (Fsp3) is 0.222. The van der Waals surface area contributed by atoms with Crippen LogP contribution in [0.15, 0.2) is 30.3 Å². The Morgan fingerprint density at radius 3 is 2.77 bits per heavy atom. The molecule has 0 N–H and O–H groups in total. The summed E-state index contributed by atoms with van der Waals surface area (Å²) < 4.78 is 3.23. The molecule has 0 spiro atoms. The van der Waals surface area contributed by atoms with Crippen molar-refractivity contribution in [3.05, 3.63) is 42.2 Å². The average molecular weight is 174 g/mol. The maximum Gasteiger partial charge on any atom is 0.127 e. The van der Waals surface area contributed by atoms with E-state index in [1.807, 2.05) is 18.2 Å². The van der Waals surface area contributed by atoms with Crippen molar-refractivity contribution >= 4 is 0 Å². The van der Waals surface area contributed by atoms with Gasteiger partial charge in [0.05, 0.1) is 18.8 Å². The summed E-state index contributed by atoms with van der Waals surface area (Å²) in [6.07, 6.45) is 2.94. The zero-order chi connectivity index (χ0) is 9.10. The van der Waals surface area contributed by atoms with E-state index in [9.17, 15) is 0 Å². The minimum Gasteiger partial charge on any atom is -0.309 e. The van der Waals surface area contributed by atoms with Gasteiger partial charge in [0.1, 0.15) is 5.21 Å². The van der Waals surface area contributed by atoms with Crippen LogP contribution >= 0.6 is 0 Å². The highest BCUT2D eigenvalue weighted by molar-refractivity contribution is 5.12. The number of benzene rings is 1. The monoisotopic (exact) mass is 174 g/mol. The molecule has 2 aromatic rings. The lowest BCUT2D eigenvalue weighted by Gasteiger charge is -2.00. The largest absolute Gasteiger partial charge is 0.309 e. The zero-order valence-electron chi connectivity index (χ0n) is 7.38. The molecule has 4 heteroatoms. The van der Waals surface area contributed by atoms with Crippen molar-refractivity contribution in [3.63, 3.8) is 0 Å². The van der Waals surface area contributed by atoms with Gasteiger partial charge in [-0.3, -0.25) is 4.68 Å². The SMILES string of the molecule is Cn1[c-][n+](Cc2ccccc2)nn1. The molecule has 1 aromatic carbocycles. The molecular weight excluding hydrogens is 164 g/mol. The van der Waals surface area contributed by atoms with Crippen molar-refractivity contribution in [1.29, 1.82) is 0 Å². The Morgan fingerprint density at radius 2 is 2.15 bits per heavy atom. The number of aryl methyl sites for hydroxylation is 1. The van der Waals surface area contributed by atoms with E-state index < -0.39 is 0 Å². The van der Waals surface area contributed by atoms with Gasteiger partial charge in [-0.1, -0.05) is 36.7 Å². The van der Waals surface area contributed by atoms with Gasteiger partial charge >= 0.3 is 0 Å². The highest BCUT2D eigenvalue weighted by Gasteiger charge is 1.94. The van der Waals surface area contributed by atoms with E-state index in [1.165, 1.54) is 5.56 Å². The number of aromatic nitrogens is 4. The van der Waals surface area contributed by atoms with Crippen LogP contribution in [0.3, 0.4) is 0 Å². The quantitative estimate of drug-likeness (QED) is 0.472. The molecule has 0 radical (unpaired) electrons. The summed E-state index contributed by atoms with van der Waals surface area (Å²) in [5, 5.41) is 7.67. The third-order valence-corrected chi connectivity index (χ3v) is 1.72. The summed E-state index contributed by atoms with van der Waals surface area (Å²) >= 11 is 0. The third kappa shape index (κ3) is 1.90. The Morgan fingerprint density at radius 1 is 1.38 bits per heavy atom. The molecule has 4 nitrogen and oxygen atoms in total. The number of hydrogen-bond acceptors (Lipinski definition) is 2. The number of tetrazole rings is 1. The van der Waals surface area contributed by atoms with Gasteiger partial charge in [-0.15, -0.1) is 0 Å². The third-order valence-electron chi connectivity index (χ3n) is 1.72. The van der Waals surface area contributed by atoms with Gasteiger partial charge < -0.3 is 4.68 Å². The lowest BCUT2D eigenvalue weighted by Crippen LogP contribution is -2.36. The molecule has 66 valence electrons. The average Bonchev–Trinajstić information content (AvgIpc) is 2.53. The highest BCUT2D eigenvalue weighted by atomic mass is 15.6. The molecule has 0 unspecified atom stereocenters. The second-order valence-corrected chi connectivity index (χ2v) is 2.85. The molecule has 1 heterocycles. The molecule has 0 saturated heterocycles. The molecule has 13 heavy (non-hydrogen) atoms. The Hall–Kier alpha value is -1.71. The van der Waals surface area contributed by atoms with Crippen LogP contribution in [0.2, 0.25) is 0 Å². The molecule has 0 aliphatic heterocycles. The molecule has 1 aromatic heterocycles. The summed E-state index contributed by atoms with van der Waals surface area (Å²) in [5.41, 5.74) is 1.20. The van der Waals surface area contributed by atoms with Gasteiger partial charge in [-0.2, -0.15) is 0 Å². The molecule has 0 saturated carbocycles. The van der Waals surface area contributed by atoms with Gasteiger partial charge in [0.15, 0.2) is 0 Å². The maximum absolute atomic E-state index is 3.89. The van der Waals surface area contributed by atoms with E-state index in [0.717, 1.165) is 0 Å². The van der Waals surface area contributed by atoms with Crippen LogP contribution in [0.4, 0.5) is 0 Å². The predicted octanol–water partition coefficient (Wildman–Crippen LogP) is -0.0489. The fourth-order valence-electron chi connectivity index (χ4n) is 1.14. The molecule has 0 fully saturated rings. The zero-order valence-corrected chi connectivity index (χ0v) is 7.38. The van der Waals surface area contributed by atoms with Gasteiger partial charge in [0, 0.05) is 0 Å².